The number of amides is 3. The lowest BCUT2D eigenvalue weighted by molar-refractivity contribution is -0.164. The first kappa shape index (κ1) is 20.8. The fourth-order valence-corrected chi connectivity index (χ4v) is 7.47. The summed E-state index contributed by atoms with van der Waals surface area (Å²) in [6, 6.07) is 7.02. The lowest BCUT2D eigenvalue weighted by Gasteiger charge is -2.62. The van der Waals surface area contributed by atoms with Crippen LogP contribution in [-0.2, 0) is 9.59 Å². The highest BCUT2D eigenvalue weighted by atomic mass is 35.5. The first-order chi connectivity index (χ1) is 14.8. The van der Waals surface area contributed by atoms with E-state index in [-0.39, 0.29) is 28.7 Å². The van der Waals surface area contributed by atoms with Gasteiger partial charge >= 0.3 is 0 Å². The lowest BCUT2D eigenvalue weighted by atomic mass is 9.46. The molecule has 0 radical (unpaired) electrons. The monoisotopic (exact) mass is 443 g/mol. The molecule has 1 N–H and O–H groups in total. The zero-order valence-corrected chi connectivity index (χ0v) is 18.8. The average Bonchev–Trinajstić information content (AvgIpc) is 2.71. The summed E-state index contributed by atoms with van der Waals surface area (Å²) < 4.78 is 0. The van der Waals surface area contributed by atoms with Crippen LogP contribution in [0.4, 0.5) is 0 Å². The number of halogens is 1. The lowest BCUT2D eigenvalue weighted by Crippen LogP contribution is -2.66. The molecule has 0 spiro atoms. The zero-order valence-electron chi connectivity index (χ0n) is 18.0. The second kappa shape index (κ2) is 7.51. The molecule has 1 aliphatic heterocycles. The van der Waals surface area contributed by atoms with Gasteiger partial charge in [0, 0.05) is 49.2 Å². The molecule has 5 fully saturated rings. The van der Waals surface area contributed by atoms with Crippen molar-refractivity contribution in [3.8, 4) is 0 Å². The van der Waals surface area contributed by atoms with Gasteiger partial charge in [-0.15, -0.1) is 0 Å². The minimum absolute atomic E-state index is 0.0118. The summed E-state index contributed by atoms with van der Waals surface area (Å²) in [4.78, 5) is 42.3. The molecule has 3 amide bonds. The molecule has 2 unspecified atom stereocenters. The molecule has 5 aliphatic rings. The van der Waals surface area contributed by atoms with Crippen LogP contribution in [0.15, 0.2) is 24.3 Å². The van der Waals surface area contributed by atoms with E-state index in [9.17, 15) is 14.4 Å². The summed E-state index contributed by atoms with van der Waals surface area (Å²) in [5.41, 5.74) is 0.0485. The minimum atomic E-state index is -0.342. The van der Waals surface area contributed by atoms with E-state index in [0.717, 1.165) is 32.1 Å². The van der Waals surface area contributed by atoms with Crippen LogP contribution in [0.5, 0.6) is 0 Å². The first-order valence-electron chi connectivity index (χ1n) is 11.4. The van der Waals surface area contributed by atoms with Gasteiger partial charge in [0.1, 0.15) is 0 Å². The molecular formula is C24H30ClN3O3. The van der Waals surface area contributed by atoms with Gasteiger partial charge < -0.3 is 15.1 Å². The number of nitrogens with zero attached hydrogens (tertiary/aromatic N) is 2. The van der Waals surface area contributed by atoms with Gasteiger partial charge in [-0.1, -0.05) is 17.7 Å². The zero-order chi connectivity index (χ0) is 21.8. The highest BCUT2D eigenvalue weighted by Gasteiger charge is 2.61. The molecule has 31 heavy (non-hydrogen) atoms. The molecule has 166 valence electrons. The molecule has 1 aromatic rings. The molecule has 2 atom stereocenters. The molecule has 1 saturated heterocycles. The molecule has 1 heterocycles. The average molecular weight is 444 g/mol. The normalized spacial score (nSPS) is 34.0. The van der Waals surface area contributed by atoms with Crippen LogP contribution < -0.4 is 5.32 Å². The van der Waals surface area contributed by atoms with Crippen molar-refractivity contribution in [3.05, 3.63) is 34.9 Å². The molecule has 7 heteroatoms. The predicted octanol–water partition coefficient (Wildman–Crippen LogP) is 3.10. The van der Waals surface area contributed by atoms with Crippen LogP contribution in [0.1, 0.15) is 55.8 Å². The van der Waals surface area contributed by atoms with E-state index in [2.05, 4.69) is 5.32 Å². The van der Waals surface area contributed by atoms with Crippen molar-refractivity contribution >= 4 is 29.3 Å². The Labute approximate surface area is 188 Å². The number of hydrogen-bond acceptors (Lipinski definition) is 3. The largest absolute Gasteiger partial charge is 0.351 e. The number of piperazine rings is 1. The van der Waals surface area contributed by atoms with Crippen molar-refractivity contribution in [2.75, 3.05) is 26.2 Å². The van der Waals surface area contributed by atoms with Crippen LogP contribution in [-0.4, -0.2) is 59.2 Å². The first-order valence-corrected chi connectivity index (χ1v) is 11.8. The smallest absolute Gasteiger partial charge is 0.254 e. The molecule has 4 saturated carbocycles. The molecule has 6 rings (SSSR count). The van der Waals surface area contributed by atoms with Gasteiger partial charge in [0.05, 0.1) is 5.41 Å². The van der Waals surface area contributed by atoms with Crippen molar-refractivity contribution in [3.63, 3.8) is 0 Å². The van der Waals surface area contributed by atoms with E-state index in [0.29, 0.717) is 48.6 Å². The maximum absolute atomic E-state index is 13.8. The van der Waals surface area contributed by atoms with Gasteiger partial charge in [-0.05, 0) is 68.6 Å². The molecule has 6 nitrogen and oxygen atoms in total. The number of rotatable bonds is 3. The Morgan fingerprint density at radius 2 is 1.65 bits per heavy atom. The van der Waals surface area contributed by atoms with Gasteiger partial charge in [-0.2, -0.15) is 0 Å². The van der Waals surface area contributed by atoms with E-state index in [1.807, 2.05) is 9.80 Å². The minimum Gasteiger partial charge on any atom is -0.351 e. The van der Waals surface area contributed by atoms with Crippen LogP contribution in [0, 0.1) is 17.3 Å². The number of nitrogens with one attached hydrogen (secondary N) is 1. The molecular weight excluding hydrogens is 414 g/mol. The van der Waals surface area contributed by atoms with Crippen molar-refractivity contribution < 1.29 is 14.4 Å². The summed E-state index contributed by atoms with van der Waals surface area (Å²) in [6.45, 7) is 3.79. The molecule has 4 bridgehead atoms. The molecule has 0 aromatic heterocycles. The van der Waals surface area contributed by atoms with Crippen molar-refractivity contribution in [2.45, 2.75) is 51.0 Å². The summed E-state index contributed by atoms with van der Waals surface area (Å²) in [5.74, 6) is 1.28. The fraction of sp³-hybridized carbons (Fsp3) is 0.625. The second-order valence-corrected chi connectivity index (χ2v) is 10.7. The molecule has 1 aromatic carbocycles. The number of carbonyl (C=O) groups is 3. The Balaban J connectivity index is 1.27. The SMILES string of the molecule is CC(=O)NC12CC3CC(C1)CC(C(=O)N1CCN(C(=O)c4cccc(Cl)c4)CC1)(C3)C2. The summed E-state index contributed by atoms with van der Waals surface area (Å²) in [7, 11) is 0. The van der Waals surface area contributed by atoms with E-state index >= 15 is 0 Å². The van der Waals surface area contributed by atoms with Crippen LogP contribution >= 0.6 is 11.6 Å². The van der Waals surface area contributed by atoms with Gasteiger partial charge in [-0.3, -0.25) is 14.4 Å². The Hall–Kier alpha value is -2.08. The Morgan fingerprint density at radius 3 is 2.26 bits per heavy atom. The third-order valence-electron chi connectivity index (χ3n) is 7.88. The summed E-state index contributed by atoms with van der Waals surface area (Å²) in [6.07, 6.45) is 5.89. The Morgan fingerprint density at radius 1 is 1.00 bits per heavy atom. The number of carbonyl (C=O) groups excluding carboxylic acids is 3. The number of benzene rings is 1. The van der Waals surface area contributed by atoms with Crippen LogP contribution in [0.3, 0.4) is 0 Å². The van der Waals surface area contributed by atoms with Crippen molar-refractivity contribution in [1.29, 1.82) is 0 Å². The van der Waals surface area contributed by atoms with E-state index < -0.39 is 0 Å². The van der Waals surface area contributed by atoms with Crippen LogP contribution in [0.2, 0.25) is 5.02 Å². The topological polar surface area (TPSA) is 69.7 Å². The second-order valence-electron chi connectivity index (χ2n) is 10.3. The number of hydrogen-bond donors (Lipinski definition) is 1. The summed E-state index contributed by atoms with van der Waals surface area (Å²) >= 11 is 6.04. The van der Waals surface area contributed by atoms with Crippen LogP contribution in [0.25, 0.3) is 0 Å². The predicted molar refractivity (Wildman–Crippen MR) is 118 cm³/mol. The van der Waals surface area contributed by atoms with E-state index in [1.54, 1.807) is 31.2 Å². The van der Waals surface area contributed by atoms with Gasteiger partial charge in [-0.25, -0.2) is 0 Å². The third-order valence-corrected chi connectivity index (χ3v) is 8.12. The van der Waals surface area contributed by atoms with E-state index in [4.69, 9.17) is 11.6 Å². The van der Waals surface area contributed by atoms with Gasteiger partial charge in [0.25, 0.3) is 5.91 Å². The molecule has 4 aliphatic carbocycles. The van der Waals surface area contributed by atoms with Gasteiger partial charge in [0.15, 0.2) is 0 Å². The van der Waals surface area contributed by atoms with Gasteiger partial charge in [0.2, 0.25) is 11.8 Å². The Kier molecular flexibility index (Phi) is 5.04. The fourth-order valence-electron chi connectivity index (χ4n) is 7.28. The quantitative estimate of drug-likeness (QED) is 0.780. The Bertz CT molecular complexity index is 910. The van der Waals surface area contributed by atoms with Crippen molar-refractivity contribution in [2.24, 2.45) is 17.3 Å². The highest BCUT2D eigenvalue weighted by Crippen LogP contribution is 2.62. The third kappa shape index (κ3) is 3.73. The highest BCUT2D eigenvalue weighted by molar-refractivity contribution is 6.30. The van der Waals surface area contributed by atoms with E-state index in [1.165, 1.54) is 6.42 Å². The van der Waals surface area contributed by atoms with Crippen molar-refractivity contribution in [1.82, 2.24) is 15.1 Å². The maximum atomic E-state index is 13.8. The summed E-state index contributed by atoms with van der Waals surface area (Å²) in [5, 5.41) is 3.79. The standard InChI is InChI=1S/C24H30ClN3O3/c1-16(29)26-24-13-17-9-18(14-24)12-23(11-17,15-24)22(31)28-7-5-27(6-8-28)21(30)19-3-2-4-20(25)10-19/h2-4,10,17-18H,5-9,11-15H2,1H3,(H,26,29). The maximum Gasteiger partial charge on any atom is 0.254 e.